The molecule has 0 aliphatic heterocycles. The zero-order valence-electron chi connectivity index (χ0n) is 11.6. The molecule has 1 heterocycles. The molecule has 0 fully saturated rings. The summed E-state index contributed by atoms with van der Waals surface area (Å²) in [5.41, 5.74) is 2.13. The minimum absolute atomic E-state index is 0.314. The molecule has 4 heteroatoms. The summed E-state index contributed by atoms with van der Waals surface area (Å²) >= 11 is 0. The number of aryl methyl sites for hydroxylation is 1. The van der Waals surface area contributed by atoms with Gasteiger partial charge in [0.05, 0.1) is 12.5 Å². The van der Waals surface area contributed by atoms with Gasteiger partial charge in [-0.05, 0) is 31.0 Å². The Morgan fingerprint density at radius 2 is 2.11 bits per heavy atom. The summed E-state index contributed by atoms with van der Waals surface area (Å²) in [6.45, 7) is 4.94. The van der Waals surface area contributed by atoms with Crippen LogP contribution in [0.5, 0.6) is 5.75 Å². The summed E-state index contributed by atoms with van der Waals surface area (Å²) in [5, 5.41) is 4.04. The molecule has 1 N–H and O–H groups in total. The van der Waals surface area contributed by atoms with E-state index >= 15 is 0 Å². The highest BCUT2D eigenvalue weighted by Crippen LogP contribution is 2.33. The van der Waals surface area contributed by atoms with Crippen molar-refractivity contribution in [1.29, 1.82) is 0 Å². The molecule has 0 aliphatic rings. The topological polar surface area (TPSA) is 34.2 Å². The van der Waals surface area contributed by atoms with Gasteiger partial charge in [-0.2, -0.15) is 0 Å². The van der Waals surface area contributed by atoms with Crippen LogP contribution in [0.25, 0.3) is 10.9 Å². The minimum Gasteiger partial charge on any atom is -0.496 e. The second-order valence-corrected chi connectivity index (χ2v) is 4.41. The monoisotopic (exact) mass is 262 g/mol. The molecule has 1 aromatic heterocycles. The summed E-state index contributed by atoms with van der Waals surface area (Å²) in [4.78, 5) is 4.38. The van der Waals surface area contributed by atoms with Crippen LogP contribution in [0.1, 0.15) is 26.0 Å². The molecule has 1 aromatic carbocycles. The molecule has 0 atom stereocenters. The maximum Gasteiger partial charge on any atom is 0.149 e. The number of anilines is 1. The number of methoxy groups -OCH3 is 1. The Labute approximate surface area is 112 Å². The molecular weight excluding hydrogens is 243 g/mol. The summed E-state index contributed by atoms with van der Waals surface area (Å²) in [7, 11) is 1.59. The molecule has 2 rings (SSSR count). The number of nitrogens with one attached hydrogen (secondary N) is 1. The Morgan fingerprint density at radius 3 is 2.74 bits per heavy atom. The van der Waals surface area contributed by atoms with E-state index in [0.717, 1.165) is 30.8 Å². The fraction of sp³-hybridized carbons (Fsp3) is 0.400. The highest BCUT2D eigenvalue weighted by molar-refractivity contribution is 5.97. The van der Waals surface area contributed by atoms with E-state index in [2.05, 4.69) is 17.2 Å². The van der Waals surface area contributed by atoms with Gasteiger partial charge in [-0.3, -0.25) is 0 Å². The van der Waals surface area contributed by atoms with Crippen molar-refractivity contribution in [2.45, 2.75) is 26.7 Å². The first-order valence-electron chi connectivity index (χ1n) is 6.61. The lowest BCUT2D eigenvalue weighted by Crippen LogP contribution is -2.04. The van der Waals surface area contributed by atoms with Crippen molar-refractivity contribution in [3.8, 4) is 5.75 Å². The highest BCUT2D eigenvalue weighted by atomic mass is 19.1. The second-order valence-electron chi connectivity index (χ2n) is 4.41. The van der Waals surface area contributed by atoms with Gasteiger partial charge in [0.2, 0.25) is 0 Å². The van der Waals surface area contributed by atoms with Crippen LogP contribution < -0.4 is 10.1 Å². The fourth-order valence-corrected chi connectivity index (χ4v) is 2.08. The predicted octanol–water partition coefficient (Wildman–Crippen LogP) is 3.77. The Bertz CT molecular complexity index is 584. The van der Waals surface area contributed by atoms with Crippen molar-refractivity contribution in [2.75, 3.05) is 19.0 Å². The lowest BCUT2D eigenvalue weighted by atomic mass is 10.1. The van der Waals surface area contributed by atoms with Crippen LogP contribution in [0.15, 0.2) is 18.2 Å². The van der Waals surface area contributed by atoms with Gasteiger partial charge < -0.3 is 10.1 Å². The van der Waals surface area contributed by atoms with E-state index in [0.29, 0.717) is 16.7 Å². The fourth-order valence-electron chi connectivity index (χ4n) is 2.08. The highest BCUT2D eigenvalue weighted by Gasteiger charge is 2.13. The van der Waals surface area contributed by atoms with Crippen molar-refractivity contribution in [3.63, 3.8) is 0 Å². The Balaban J connectivity index is 2.70. The SMILES string of the molecule is CCCNc1cc(CC)nc2c(F)ccc(OC)c12. The molecule has 3 nitrogen and oxygen atoms in total. The first kappa shape index (κ1) is 13.6. The molecule has 0 bridgehead atoms. The zero-order chi connectivity index (χ0) is 13.8. The largest absolute Gasteiger partial charge is 0.496 e. The summed E-state index contributed by atoms with van der Waals surface area (Å²) in [5.74, 6) is 0.329. The number of fused-ring (bicyclic) bond motifs is 1. The first-order chi connectivity index (χ1) is 9.21. The number of nitrogens with zero attached hydrogens (tertiary/aromatic N) is 1. The van der Waals surface area contributed by atoms with Crippen molar-refractivity contribution in [2.24, 2.45) is 0 Å². The maximum absolute atomic E-state index is 14.0. The van der Waals surface area contributed by atoms with Crippen molar-refractivity contribution >= 4 is 16.6 Å². The van der Waals surface area contributed by atoms with Gasteiger partial charge >= 0.3 is 0 Å². The lowest BCUT2D eigenvalue weighted by Gasteiger charge is -2.14. The number of pyridine rings is 1. The van der Waals surface area contributed by atoms with E-state index in [-0.39, 0.29) is 5.82 Å². The van der Waals surface area contributed by atoms with Crippen LogP contribution in [-0.2, 0) is 6.42 Å². The van der Waals surface area contributed by atoms with Crippen LogP contribution in [0, 0.1) is 5.82 Å². The normalized spacial score (nSPS) is 10.7. The van der Waals surface area contributed by atoms with E-state index in [9.17, 15) is 4.39 Å². The number of ether oxygens (including phenoxy) is 1. The first-order valence-corrected chi connectivity index (χ1v) is 6.61. The molecule has 19 heavy (non-hydrogen) atoms. The van der Waals surface area contributed by atoms with Gasteiger partial charge in [-0.25, -0.2) is 9.37 Å². The number of aromatic nitrogens is 1. The van der Waals surface area contributed by atoms with E-state index < -0.39 is 0 Å². The van der Waals surface area contributed by atoms with Crippen LogP contribution in [0.2, 0.25) is 0 Å². The molecular formula is C15H19FN2O. The van der Waals surface area contributed by atoms with Crippen molar-refractivity contribution in [3.05, 3.63) is 29.7 Å². The van der Waals surface area contributed by atoms with Crippen LogP contribution >= 0.6 is 0 Å². The molecule has 0 aliphatic carbocycles. The standard InChI is InChI=1S/C15H19FN2O/c1-4-8-17-12-9-10(5-2)18-15-11(16)6-7-13(19-3)14(12)15/h6-7,9H,4-5,8H2,1-3H3,(H,17,18). The minimum atomic E-state index is -0.314. The van der Waals surface area contributed by atoms with Crippen LogP contribution in [-0.4, -0.2) is 18.6 Å². The molecule has 0 radical (unpaired) electrons. The molecule has 0 spiro atoms. The predicted molar refractivity (Wildman–Crippen MR) is 76.4 cm³/mol. The van der Waals surface area contributed by atoms with E-state index in [4.69, 9.17) is 4.74 Å². The third-order valence-electron chi connectivity index (χ3n) is 3.07. The number of rotatable bonds is 5. The Morgan fingerprint density at radius 1 is 1.32 bits per heavy atom. The van der Waals surface area contributed by atoms with Crippen molar-refractivity contribution in [1.82, 2.24) is 4.98 Å². The number of halogens is 1. The van der Waals surface area contributed by atoms with Crippen molar-refractivity contribution < 1.29 is 9.13 Å². The molecule has 0 saturated heterocycles. The lowest BCUT2D eigenvalue weighted by molar-refractivity contribution is 0.419. The molecule has 0 amide bonds. The summed E-state index contributed by atoms with van der Waals surface area (Å²) in [6.07, 6.45) is 1.77. The number of benzene rings is 1. The van der Waals surface area contributed by atoms with E-state index in [1.807, 2.05) is 13.0 Å². The molecule has 102 valence electrons. The zero-order valence-corrected chi connectivity index (χ0v) is 11.6. The van der Waals surface area contributed by atoms with Gasteiger partial charge in [0.1, 0.15) is 17.1 Å². The summed E-state index contributed by atoms with van der Waals surface area (Å²) in [6, 6.07) is 5.01. The number of hydrogen-bond donors (Lipinski definition) is 1. The smallest absolute Gasteiger partial charge is 0.149 e. The Kier molecular flexibility index (Phi) is 4.20. The molecule has 2 aromatic rings. The maximum atomic E-state index is 14.0. The average Bonchev–Trinajstić information content (AvgIpc) is 2.45. The average molecular weight is 262 g/mol. The van der Waals surface area contributed by atoms with Gasteiger partial charge in [0.15, 0.2) is 0 Å². The second kappa shape index (κ2) is 5.87. The van der Waals surface area contributed by atoms with Gasteiger partial charge in [0, 0.05) is 17.9 Å². The number of hydrogen-bond acceptors (Lipinski definition) is 3. The molecule has 0 saturated carbocycles. The van der Waals surface area contributed by atoms with E-state index in [1.165, 1.54) is 6.07 Å². The van der Waals surface area contributed by atoms with Gasteiger partial charge in [-0.1, -0.05) is 13.8 Å². The quantitative estimate of drug-likeness (QED) is 0.890. The molecule has 0 unspecified atom stereocenters. The third kappa shape index (κ3) is 2.62. The Hall–Kier alpha value is -1.84. The van der Waals surface area contributed by atoms with Gasteiger partial charge in [-0.15, -0.1) is 0 Å². The third-order valence-corrected chi connectivity index (χ3v) is 3.07. The van der Waals surface area contributed by atoms with Gasteiger partial charge in [0.25, 0.3) is 0 Å². The van der Waals surface area contributed by atoms with Crippen LogP contribution in [0.3, 0.4) is 0 Å². The summed E-state index contributed by atoms with van der Waals surface area (Å²) < 4.78 is 19.3. The van der Waals surface area contributed by atoms with E-state index in [1.54, 1.807) is 13.2 Å². The van der Waals surface area contributed by atoms with Crippen LogP contribution in [0.4, 0.5) is 10.1 Å².